The maximum Gasteiger partial charge on any atom is 0.0408 e. The van der Waals surface area contributed by atoms with Gasteiger partial charge < -0.3 is 5.32 Å². The molecule has 0 aliphatic carbocycles. The van der Waals surface area contributed by atoms with Gasteiger partial charge in [-0.2, -0.15) is 0 Å². The Morgan fingerprint density at radius 2 is 1.94 bits per heavy atom. The lowest BCUT2D eigenvalue weighted by atomic mass is 9.81. The van der Waals surface area contributed by atoms with Crippen molar-refractivity contribution in [2.45, 2.75) is 40.7 Å². The number of hydrogen-bond acceptors (Lipinski definition) is 1. The van der Waals surface area contributed by atoms with Crippen LogP contribution in [0.1, 0.15) is 44.9 Å². The molecule has 0 radical (unpaired) electrons. The Labute approximate surface area is 104 Å². The Bertz CT molecular complexity index is 352. The van der Waals surface area contributed by atoms with Crippen molar-refractivity contribution in [3.63, 3.8) is 0 Å². The SMILES string of the molecule is CCNC(c1ccc(Cl)cc1C)C(C)(C)C. The third-order valence-corrected chi connectivity index (χ3v) is 3.05. The summed E-state index contributed by atoms with van der Waals surface area (Å²) in [5.41, 5.74) is 2.81. The topological polar surface area (TPSA) is 12.0 Å². The first-order chi connectivity index (χ1) is 7.36. The first-order valence-corrected chi connectivity index (χ1v) is 6.23. The summed E-state index contributed by atoms with van der Waals surface area (Å²) in [4.78, 5) is 0. The minimum absolute atomic E-state index is 0.203. The molecule has 1 rings (SSSR count). The van der Waals surface area contributed by atoms with Gasteiger partial charge in [-0.25, -0.2) is 0 Å². The van der Waals surface area contributed by atoms with Crippen LogP contribution >= 0.6 is 11.6 Å². The van der Waals surface area contributed by atoms with Crippen molar-refractivity contribution in [3.05, 3.63) is 34.3 Å². The van der Waals surface area contributed by atoms with Gasteiger partial charge in [-0.15, -0.1) is 0 Å². The van der Waals surface area contributed by atoms with E-state index in [0.29, 0.717) is 6.04 Å². The average Bonchev–Trinajstić information content (AvgIpc) is 2.13. The van der Waals surface area contributed by atoms with Crippen LogP contribution in [0.4, 0.5) is 0 Å². The molecule has 1 atom stereocenters. The zero-order valence-corrected chi connectivity index (χ0v) is 11.7. The van der Waals surface area contributed by atoms with Gasteiger partial charge in [-0.3, -0.25) is 0 Å². The molecule has 0 fully saturated rings. The standard InChI is InChI=1S/C14H22ClN/c1-6-16-13(14(3,4)5)12-8-7-11(15)9-10(12)2/h7-9,13,16H,6H2,1-5H3. The molecule has 1 N–H and O–H groups in total. The first-order valence-electron chi connectivity index (χ1n) is 5.85. The minimum atomic E-state index is 0.203. The summed E-state index contributed by atoms with van der Waals surface area (Å²) in [5.74, 6) is 0. The summed E-state index contributed by atoms with van der Waals surface area (Å²) in [6.45, 7) is 12.0. The Balaban J connectivity index is 3.11. The summed E-state index contributed by atoms with van der Waals surface area (Å²) < 4.78 is 0. The lowest BCUT2D eigenvalue weighted by Crippen LogP contribution is -2.32. The molecule has 90 valence electrons. The highest BCUT2D eigenvalue weighted by Gasteiger charge is 2.26. The summed E-state index contributed by atoms with van der Waals surface area (Å²) in [6, 6.07) is 6.51. The highest BCUT2D eigenvalue weighted by Crippen LogP contribution is 2.34. The van der Waals surface area contributed by atoms with E-state index in [4.69, 9.17) is 11.6 Å². The molecule has 0 aliphatic heterocycles. The third-order valence-electron chi connectivity index (χ3n) is 2.82. The summed E-state index contributed by atoms with van der Waals surface area (Å²) >= 11 is 5.99. The molecule has 0 spiro atoms. The van der Waals surface area contributed by atoms with Crippen molar-refractivity contribution < 1.29 is 0 Å². The third kappa shape index (κ3) is 3.23. The molecular formula is C14H22ClN. The number of rotatable bonds is 3. The van der Waals surface area contributed by atoms with Gasteiger partial charge in [0.25, 0.3) is 0 Å². The fourth-order valence-electron chi connectivity index (χ4n) is 2.05. The quantitative estimate of drug-likeness (QED) is 0.827. The fourth-order valence-corrected chi connectivity index (χ4v) is 2.28. The number of benzene rings is 1. The monoisotopic (exact) mass is 239 g/mol. The van der Waals surface area contributed by atoms with Crippen LogP contribution in [0.2, 0.25) is 5.02 Å². The lowest BCUT2D eigenvalue weighted by Gasteiger charge is -2.33. The van der Waals surface area contributed by atoms with Gasteiger partial charge in [0.05, 0.1) is 0 Å². The molecule has 0 aliphatic rings. The molecular weight excluding hydrogens is 218 g/mol. The Hall–Kier alpha value is -0.530. The van der Waals surface area contributed by atoms with E-state index >= 15 is 0 Å². The molecule has 0 saturated heterocycles. The van der Waals surface area contributed by atoms with E-state index in [1.54, 1.807) is 0 Å². The van der Waals surface area contributed by atoms with Crippen LogP contribution < -0.4 is 5.32 Å². The van der Waals surface area contributed by atoms with Crippen molar-refractivity contribution in [1.82, 2.24) is 5.32 Å². The van der Waals surface area contributed by atoms with Crippen LogP contribution in [0.5, 0.6) is 0 Å². The van der Waals surface area contributed by atoms with Crippen LogP contribution in [-0.4, -0.2) is 6.54 Å². The van der Waals surface area contributed by atoms with E-state index in [-0.39, 0.29) is 5.41 Å². The smallest absolute Gasteiger partial charge is 0.0408 e. The van der Waals surface area contributed by atoms with Gasteiger partial charge in [-0.05, 0) is 42.1 Å². The van der Waals surface area contributed by atoms with Gasteiger partial charge in [0, 0.05) is 11.1 Å². The van der Waals surface area contributed by atoms with Crippen LogP contribution in [0.3, 0.4) is 0 Å². The summed E-state index contributed by atoms with van der Waals surface area (Å²) in [7, 11) is 0. The highest BCUT2D eigenvalue weighted by molar-refractivity contribution is 6.30. The normalized spacial score (nSPS) is 13.9. The maximum absolute atomic E-state index is 5.99. The van der Waals surface area contributed by atoms with Crippen LogP contribution in [0, 0.1) is 12.3 Å². The van der Waals surface area contributed by atoms with Crippen LogP contribution in [0.15, 0.2) is 18.2 Å². The molecule has 0 amide bonds. The molecule has 1 nitrogen and oxygen atoms in total. The molecule has 16 heavy (non-hydrogen) atoms. The van der Waals surface area contributed by atoms with Gasteiger partial charge in [0.15, 0.2) is 0 Å². The average molecular weight is 240 g/mol. The fraction of sp³-hybridized carbons (Fsp3) is 0.571. The molecule has 1 aromatic carbocycles. The van der Waals surface area contributed by atoms with Gasteiger partial charge in [0.1, 0.15) is 0 Å². The molecule has 2 heteroatoms. The van der Waals surface area contributed by atoms with Crippen molar-refractivity contribution in [2.75, 3.05) is 6.54 Å². The molecule has 0 bridgehead atoms. The van der Waals surface area contributed by atoms with Crippen molar-refractivity contribution in [3.8, 4) is 0 Å². The predicted octanol–water partition coefficient (Wildman–Crippen LogP) is 4.35. The summed E-state index contributed by atoms with van der Waals surface area (Å²) in [5, 5.41) is 4.37. The largest absolute Gasteiger partial charge is 0.310 e. The number of nitrogens with one attached hydrogen (secondary N) is 1. The summed E-state index contributed by atoms with van der Waals surface area (Å²) in [6.07, 6.45) is 0. The second-order valence-corrected chi connectivity index (χ2v) is 5.79. The Morgan fingerprint density at radius 1 is 1.31 bits per heavy atom. The molecule has 1 unspecified atom stereocenters. The minimum Gasteiger partial charge on any atom is -0.310 e. The van der Waals surface area contributed by atoms with E-state index < -0.39 is 0 Å². The maximum atomic E-state index is 5.99. The molecule has 1 aromatic rings. The van der Waals surface area contributed by atoms with Crippen molar-refractivity contribution in [2.24, 2.45) is 5.41 Å². The van der Waals surface area contributed by atoms with Crippen molar-refractivity contribution >= 4 is 11.6 Å². The number of halogens is 1. The zero-order valence-electron chi connectivity index (χ0n) is 10.9. The van der Waals surface area contributed by atoms with E-state index in [2.05, 4.69) is 46.0 Å². The number of hydrogen-bond donors (Lipinski definition) is 1. The van der Waals surface area contributed by atoms with Gasteiger partial charge in [-0.1, -0.05) is 45.4 Å². The lowest BCUT2D eigenvalue weighted by molar-refractivity contribution is 0.276. The Morgan fingerprint density at radius 3 is 2.38 bits per heavy atom. The number of aryl methyl sites for hydroxylation is 1. The predicted molar refractivity (Wildman–Crippen MR) is 72.1 cm³/mol. The van der Waals surface area contributed by atoms with Gasteiger partial charge in [0.2, 0.25) is 0 Å². The van der Waals surface area contributed by atoms with Crippen molar-refractivity contribution in [1.29, 1.82) is 0 Å². The highest BCUT2D eigenvalue weighted by atomic mass is 35.5. The van der Waals surface area contributed by atoms with Crippen LogP contribution in [-0.2, 0) is 0 Å². The van der Waals surface area contributed by atoms with Gasteiger partial charge >= 0.3 is 0 Å². The van der Waals surface area contributed by atoms with E-state index in [9.17, 15) is 0 Å². The molecule has 0 saturated carbocycles. The molecule has 0 heterocycles. The van der Waals surface area contributed by atoms with Crippen LogP contribution in [0.25, 0.3) is 0 Å². The first kappa shape index (κ1) is 13.5. The van der Waals surface area contributed by atoms with E-state index in [0.717, 1.165) is 11.6 Å². The second-order valence-electron chi connectivity index (χ2n) is 5.36. The van der Waals surface area contributed by atoms with E-state index in [1.165, 1.54) is 11.1 Å². The Kier molecular flexibility index (Phi) is 4.40. The van der Waals surface area contributed by atoms with E-state index in [1.807, 2.05) is 12.1 Å². The second kappa shape index (κ2) is 5.20. The molecule has 0 aromatic heterocycles. The zero-order chi connectivity index (χ0) is 12.3.